The van der Waals surface area contributed by atoms with Crippen LogP contribution in [0.1, 0.15) is 23.6 Å². The minimum Gasteiger partial charge on any atom is -0.490 e. The topological polar surface area (TPSA) is 38.8 Å². The first-order valence-electron chi connectivity index (χ1n) is 10.5. The normalized spacial score (nSPS) is 14.7. The molecular formula is C26H22ClNO3S2. The van der Waals surface area contributed by atoms with Crippen LogP contribution in [0.4, 0.5) is 0 Å². The van der Waals surface area contributed by atoms with E-state index in [0.29, 0.717) is 45.5 Å². The smallest absolute Gasteiger partial charge is 0.266 e. The predicted octanol–water partition coefficient (Wildman–Crippen LogP) is 6.72. The Morgan fingerprint density at radius 3 is 2.45 bits per heavy atom. The second kappa shape index (κ2) is 10.9. The van der Waals surface area contributed by atoms with Crippen LogP contribution in [0.15, 0.2) is 77.7 Å². The van der Waals surface area contributed by atoms with Crippen molar-refractivity contribution in [2.45, 2.75) is 20.1 Å². The molecule has 0 atom stereocenters. The largest absolute Gasteiger partial charge is 0.490 e. The van der Waals surface area contributed by atoms with Crippen LogP contribution in [-0.4, -0.2) is 21.7 Å². The van der Waals surface area contributed by atoms with Gasteiger partial charge in [0.25, 0.3) is 5.91 Å². The second-order valence-electron chi connectivity index (χ2n) is 7.31. The maximum absolute atomic E-state index is 13.0. The zero-order chi connectivity index (χ0) is 23.2. The van der Waals surface area contributed by atoms with E-state index in [1.165, 1.54) is 11.8 Å². The fourth-order valence-corrected chi connectivity index (χ4v) is 4.68. The Kier molecular flexibility index (Phi) is 7.70. The summed E-state index contributed by atoms with van der Waals surface area (Å²) in [6.07, 6.45) is 1.84. The van der Waals surface area contributed by atoms with Gasteiger partial charge in [0.15, 0.2) is 11.5 Å². The third kappa shape index (κ3) is 5.96. The van der Waals surface area contributed by atoms with Gasteiger partial charge in [0, 0.05) is 5.02 Å². The molecule has 0 radical (unpaired) electrons. The Hall–Kier alpha value is -2.80. The van der Waals surface area contributed by atoms with Gasteiger partial charge in [0.05, 0.1) is 18.1 Å². The van der Waals surface area contributed by atoms with E-state index in [4.69, 9.17) is 33.3 Å². The number of benzene rings is 3. The highest BCUT2D eigenvalue weighted by Gasteiger charge is 2.32. The van der Waals surface area contributed by atoms with Crippen molar-refractivity contribution < 1.29 is 14.3 Å². The zero-order valence-corrected chi connectivity index (χ0v) is 20.4. The molecule has 168 valence electrons. The molecule has 33 heavy (non-hydrogen) atoms. The molecule has 1 saturated heterocycles. The molecule has 3 aromatic carbocycles. The highest BCUT2D eigenvalue weighted by molar-refractivity contribution is 8.26. The Morgan fingerprint density at radius 1 is 0.970 bits per heavy atom. The number of carbonyl (C=O) groups is 1. The Labute approximate surface area is 208 Å². The minimum atomic E-state index is -0.0881. The molecule has 1 aliphatic heterocycles. The summed E-state index contributed by atoms with van der Waals surface area (Å²) in [5.41, 5.74) is 2.89. The van der Waals surface area contributed by atoms with Crippen molar-refractivity contribution in [1.82, 2.24) is 4.90 Å². The van der Waals surface area contributed by atoms with Crippen molar-refractivity contribution >= 4 is 51.9 Å². The van der Waals surface area contributed by atoms with Gasteiger partial charge in [-0.2, -0.15) is 0 Å². The number of thiocarbonyl (C=S) groups is 1. The Morgan fingerprint density at radius 2 is 1.73 bits per heavy atom. The molecule has 1 heterocycles. The van der Waals surface area contributed by atoms with Gasteiger partial charge in [-0.1, -0.05) is 84.1 Å². The summed E-state index contributed by atoms with van der Waals surface area (Å²) in [4.78, 5) is 15.2. The highest BCUT2D eigenvalue weighted by Crippen LogP contribution is 2.35. The molecule has 0 unspecified atom stereocenters. The quantitative estimate of drug-likeness (QED) is 0.256. The van der Waals surface area contributed by atoms with Crippen LogP contribution in [0.3, 0.4) is 0 Å². The molecule has 0 aromatic heterocycles. The fraction of sp³-hybridized carbons (Fsp3) is 0.154. The number of hydrogen-bond donors (Lipinski definition) is 0. The molecule has 0 aliphatic carbocycles. The molecule has 1 aliphatic rings. The van der Waals surface area contributed by atoms with E-state index in [9.17, 15) is 4.79 Å². The molecule has 0 spiro atoms. The van der Waals surface area contributed by atoms with Gasteiger partial charge in [0.1, 0.15) is 10.9 Å². The monoisotopic (exact) mass is 495 g/mol. The maximum Gasteiger partial charge on any atom is 0.266 e. The fourth-order valence-electron chi connectivity index (χ4n) is 3.30. The molecule has 0 bridgehead atoms. The van der Waals surface area contributed by atoms with E-state index in [-0.39, 0.29) is 5.91 Å². The lowest BCUT2D eigenvalue weighted by Gasteiger charge is -2.14. The molecule has 1 fully saturated rings. The van der Waals surface area contributed by atoms with Crippen molar-refractivity contribution in [1.29, 1.82) is 0 Å². The summed E-state index contributed by atoms with van der Waals surface area (Å²) in [5.74, 6) is 1.18. The van der Waals surface area contributed by atoms with Crippen LogP contribution < -0.4 is 9.47 Å². The lowest BCUT2D eigenvalue weighted by molar-refractivity contribution is -0.122. The maximum atomic E-state index is 13.0. The van der Waals surface area contributed by atoms with Gasteiger partial charge in [-0.15, -0.1) is 0 Å². The molecule has 0 saturated carbocycles. The molecular weight excluding hydrogens is 474 g/mol. The van der Waals surface area contributed by atoms with Gasteiger partial charge in [-0.05, 0) is 54.0 Å². The van der Waals surface area contributed by atoms with E-state index in [1.807, 2.05) is 85.8 Å². The predicted molar refractivity (Wildman–Crippen MR) is 139 cm³/mol. The number of ether oxygens (including phenoxy) is 2. The summed E-state index contributed by atoms with van der Waals surface area (Å²) in [5, 5.41) is 0.687. The average Bonchev–Trinajstić information content (AvgIpc) is 3.08. The summed E-state index contributed by atoms with van der Waals surface area (Å²) < 4.78 is 12.3. The van der Waals surface area contributed by atoms with Crippen molar-refractivity contribution in [2.24, 2.45) is 0 Å². The first-order valence-corrected chi connectivity index (χ1v) is 12.1. The van der Waals surface area contributed by atoms with Gasteiger partial charge in [0.2, 0.25) is 0 Å². The molecule has 1 amide bonds. The van der Waals surface area contributed by atoms with Crippen LogP contribution in [-0.2, 0) is 17.9 Å². The number of amides is 1. The van der Waals surface area contributed by atoms with Crippen LogP contribution >= 0.6 is 35.6 Å². The number of nitrogens with zero attached hydrogens (tertiary/aromatic N) is 1. The summed E-state index contributed by atoms with van der Waals surface area (Å²) in [7, 11) is 0. The van der Waals surface area contributed by atoms with Crippen LogP contribution in [0.5, 0.6) is 11.5 Å². The standard InChI is InChI=1S/C26H22ClNO3S2/c1-2-30-23-14-20(10-13-22(23)31-17-19-8-11-21(27)12-9-19)15-24-25(29)28(26(32)33-24)16-18-6-4-3-5-7-18/h3-15H,2,16-17H2,1H3/b24-15+. The molecule has 4 rings (SSSR count). The minimum absolute atomic E-state index is 0.0881. The molecule has 4 nitrogen and oxygen atoms in total. The van der Waals surface area contributed by atoms with Gasteiger partial charge in [-0.25, -0.2) is 0 Å². The second-order valence-corrected chi connectivity index (χ2v) is 9.42. The van der Waals surface area contributed by atoms with Gasteiger partial charge >= 0.3 is 0 Å². The van der Waals surface area contributed by atoms with Crippen LogP contribution in [0.25, 0.3) is 6.08 Å². The van der Waals surface area contributed by atoms with E-state index < -0.39 is 0 Å². The Bertz CT molecular complexity index is 1180. The van der Waals surface area contributed by atoms with Crippen molar-refractivity contribution in [3.8, 4) is 11.5 Å². The average molecular weight is 496 g/mol. The Balaban J connectivity index is 1.50. The third-order valence-electron chi connectivity index (χ3n) is 4.93. The summed E-state index contributed by atoms with van der Waals surface area (Å²) >= 11 is 12.7. The third-order valence-corrected chi connectivity index (χ3v) is 6.56. The van der Waals surface area contributed by atoms with Crippen LogP contribution in [0, 0.1) is 0 Å². The van der Waals surface area contributed by atoms with Crippen molar-refractivity contribution in [3.63, 3.8) is 0 Å². The molecule has 3 aromatic rings. The first-order chi connectivity index (χ1) is 16.0. The number of thioether (sulfide) groups is 1. The van der Waals surface area contributed by atoms with Gasteiger partial charge in [-0.3, -0.25) is 9.69 Å². The van der Waals surface area contributed by atoms with E-state index >= 15 is 0 Å². The van der Waals surface area contributed by atoms with Crippen molar-refractivity contribution in [2.75, 3.05) is 6.61 Å². The SMILES string of the molecule is CCOc1cc(/C=C2/SC(=S)N(Cc3ccccc3)C2=O)ccc1OCc1ccc(Cl)cc1. The zero-order valence-electron chi connectivity index (χ0n) is 18.0. The van der Waals surface area contributed by atoms with Crippen LogP contribution in [0.2, 0.25) is 5.02 Å². The first kappa shape index (κ1) is 23.4. The van der Waals surface area contributed by atoms with E-state index in [0.717, 1.165) is 16.7 Å². The number of carbonyl (C=O) groups excluding carboxylic acids is 1. The molecule has 0 N–H and O–H groups in total. The van der Waals surface area contributed by atoms with E-state index in [2.05, 4.69) is 0 Å². The number of rotatable bonds is 8. The summed E-state index contributed by atoms with van der Waals surface area (Å²) in [6.45, 7) is 3.28. The lowest BCUT2D eigenvalue weighted by atomic mass is 10.1. The number of halogens is 1. The number of hydrogen-bond acceptors (Lipinski definition) is 5. The van der Waals surface area contributed by atoms with E-state index in [1.54, 1.807) is 4.90 Å². The molecule has 7 heteroatoms. The summed E-state index contributed by atoms with van der Waals surface area (Å²) in [6, 6.07) is 23.0. The van der Waals surface area contributed by atoms with Crippen molar-refractivity contribution in [3.05, 3.63) is 99.4 Å². The highest BCUT2D eigenvalue weighted by atomic mass is 35.5. The van der Waals surface area contributed by atoms with Gasteiger partial charge < -0.3 is 9.47 Å². The lowest BCUT2D eigenvalue weighted by Crippen LogP contribution is -2.27.